The van der Waals surface area contributed by atoms with E-state index in [2.05, 4.69) is 0 Å². The zero-order valence-electron chi connectivity index (χ0n) is 16.5. The Hall–Kier alpha value is -2.69. The van der Waals surface area contributed by atoms with Crippen LogP contribution < -0.4 is 9.47 Å². The molecular weight excluding hydrogens is 380 g/mol. The Kier molecular flexibility index (Phi) is 5.15. The fourth-order valence-electron chi connectivity index (χ4n) is 3.40. The lowest BCUT2D eigenvalue weighted by Crippen LogP contribution is -2.71. The van der Waals surface area contributed by atoms with E-state index in [0.717, 1.165) is 10.9 Å². The molecule has 9 nitrogen and oxygen atoms in total. The van der Waals surface area contributed by atoms with E-state index < -0.39 is 17.9 Å². The van der Waals surface area contributed by atoms with Crippen molar-refractivity contribution >= 4 is 5.91 Å². The van der Waals surface area contributed by atoms with Gasteiger partial charge in [0.25, 0.3) is 5.91 Å². The van der Waals surface area contributed by atoms with Crippen molar-refractivity contribution in [3.8, 4) is 11.5 Å². The average Bonchev–Trinajstić information content (AvgIpc) is 3.26. The fourth-order valence-corrected chi connectivity index (χ4v) is 3.40. The molecule has 9 heteroatoms. The van der Waals surface area contributed by atoms with Crippen LogP contribution >= 0.6 is 0 Å². The van der Waals surface area contributed by atoms with Gasteiger partial charge in [0.05, 0.1) is 19.6 Å². The molecule has 0 aliphatic carbocycles. The fraction of sp³-hybridized carbons (Fsp3) is 0.350. The minimum absolute atomic E-state index is 0.320. The van der Waals surface area contributed by atoms with Crippen molar-refractivity contribution in [3.05, 3.63) is 59.7 Å². The number of hydrogen-bond acceptors (Lipinski definition) is 8. The van der Waals surface area contributed by atoms with Gasteiger partial charge < -0.3 is 14.2 Å². The number of hydrazine groups is 1. The van der Waals surface area contributed by atoms with E-state index in [1.54, 1.807) is 45.4 Å². The number of carbonyl (C=O) groups excluding carboxylic acids is 1. The molecule has 3 atom stereocenters. The Balaban J connectivity index is 1.55. The lowest BCUT2D eigenvalue weighted by molar-refractivity contribution is -0.496. The Bertz CT molecular complexity index is 873. The largest absolute Gasteiger partial charge is 0.497 e. The van der Waals surface area contributed by atoms with Gasteiger partial charge in [-0.3, -0.25) is 4.79 Å². The van der Waals surface area contributed by atoms with Crippen molar-refractivity contribution in [2.24, 2.45) is 0 Å². The van der Waals surface area contributed by atoms with Gasteiger partial charge >= 0.3 is 0 Å². The van der Waals surface area contributed by atoms with Crippen LogP contribution in [-0.2, 0) is 24.2 Å². The highest BCUT2D eigenvalue weighted by Gasteiger charge is 2.63. The van der Waals surface area contributed by atoms with Gasteiger partial charge in [0, 0.05) is 12.7 Å². The molecule has 0 bridgehead atoms. The van der Waals surface area contributed by atoms with Gasteiger partial charge in [-0.1, -0.05) is 29.3 Å². The Morgan fingerprint density at radius 1 is 0.897 bits per heavy atom. The zero-order chi connectivity index (χ0) is 20.6. The normalized spacial score (nSPS) is 27.0. The van der Waals surface area contributed by atoms with Crippen molar-refractivity contribution < 1.29 is 33.7 Å². The van der Waals surface area contributed by atoms with Gasteiger partial charge in [0.1, 0.15) is 17.5 Å². The molecule has 0 spiro atoms. The first kappa shape index (κ1) is 19.6. The highest BCUT2D eigenvalue weighted by atomic mass is 17.4. The van der Waals surface area contributed by atoms with Crippen molar-refractivity contribution in [2.75, 3.05) is 21.3 Å². The molecule has 2 aromatic carbocycles. The van der Waals surface area contributed by atoms with Gasteiger partial charge in [-0.05, 0) is 36.8 Å². The van der Waals surface area contributed by atoms with Gasteiger partial charge in [0.2, 0.25) is 6.29 Å². The third kappa shape index (κ3) is 3.22. The molecule has 2 aliphatic rings. The van der Waals surface area contributed by atoms with Gasteiger partial charge in [-0.25, -0.2) is 9.85 Å². The van der Waals surface area contributed by atoms with Gasteiger partial charge in [0.15, 0.2) is 5.60 Å². The van der Waals surface area contributed by atoms with Crippen LogP contribution in [0.15, 0.2) is 48.5 Å². The molecule has 1 unspecified atom stereocenters. The second-order valence-corrected chi connectivity index (χ2v) is 6.76. The number of nitrogens with zero attached hydrogens (tertiary/aromatic N) is 2. The van der Waals surface area contributed by atoms with Crippen molar-refractivity contribution in [1.29, 1.82) is 0 Å². The van der Waals surface area contributed by atoms with Crippen molar-refractivity contribution in [1.82, 2.24) is 10.3 Å². The van der Waals surface area contributed by atoms with E-state index in [4.69, 9.17) is 28.9 Å². The summed E-state index contributed by atoms with van der Waals surface area (Å²) in [6.07, 6.45) is -0.834. The molecule has 0 N–H and O–H groups in total. The van der Waals surface area contributed by atoms with E-state index in [1.807, 2.05) is 24.3 Å². The molecule has 154 valence electrons. The number of carbonyl (C=O) groups is 1. The van der Waals surface area contributed by atoms with E-state index in [9.17, 15) is 4.79 Å². The predicted octanol–water partition coefficient (Wildman–Crippen LogP) is 2.72. The maximum Gasteiger partial charge on any atom is 0.275 e. The highest BCUT2D eigenvalue weighted by Crippen LogP contribution is 2.48. The molecule has 0 aromatic heterocycles. The maximum atomic E-state index is 12.8. The number of amides is 1. The van der Waals surface area contributed by atoms with E-state index in [-0.39, 0.29) is 5.91 Å². The Morgan fingerprint density at radius 3 is 1.97 bits per heavy atom. The quantitative estimate of drug-likeness (QED) is 0.539. The summed E-state index contributed by atoms with van der Waals surface area (Å²) in [5.74, 6) is 1.10. The topological polar surface area (TPSA) is 78.9 Å². The number of hydrogen-bond donors (Lipinski definition) is 0. The first-order chi connectivity index (χ1) is 14.0. The lowest BCUT2D eigenvalue weighted by atomic mass is 9.81. The van der Waals surface area contributed by atoms with Gasteiger partial charge in [-0.2, -0.15) is 4.89 Å². The summed E-state index contributed by atoms with van der Waals surface area (Å²) in [7, 11) is 4.67. The van der Waals surface area contributed by atoms with Crippen LogP contribution in [0.4, 0.5) is 0 Å². The molecule has 1 amide bonds. The predicted molar refractivity (Wildman–Crippen MR) is 98.8 cm³/mol. The molecule has 0 saturated carbocycles. The molecule has 2 aromatic rings. The molecular formula is C20H22N2O7. The van der Waals surface area contributed by atoms with E-state index in [0.29, 0.717) is 17.1 Å². The van der Waals surface area contributed by atoms with Crippen LogP contribution in [0.3, 0.4) is 0 Å². The number of β-lactam (4-membered cyclic amide) rings is 1. The molecule has 2 aliphatic heterocycles. The Labute approximate surface area is 168 Å². The van der Waals surface area contributed by atoms with Crippen LogP contribution in [-0.4, -0.2) is 43.2 Å². The second-order valence-electron chi connectivity index (χ2n) is 6.76. The van der Waals surface area contributed by atoms with Gasteiger partial charge in [-0.15, -0.1) is 0 Å². The van der Waals surface area contributed by atoms with Crippen LogP contribution in [0.1, 0.15) is 30.4 Å². The summed E-state index contributed by atoms with van der Waals surface area (Å²) in [6.45, 7) is 1.72. The van der Waals surface area contributed by atoms with Crippen LogP contribution in [0.25, 0.3) is 0 Å². The number of ether oxygens (including phenoxy) is 3. The number of rotatable bonds is 6. The molecule has 2 heterocycles. The first-order valence-corrected chi connectivity index (χ1v) is 8.99. The van der Waals surface area contributed by atoms with Crippen molar-refractivity contribution in [3.63, 3.8) is 0 Å². The minimum Gasteiger partial charge on any atom is -0.497 e. The van der Waals surface area contributed by atoms with E-state index >= 15 is 0 Å². The third-order valence-electron chi connectivity index (χ3n) is 5.20. The average molecular weight is 402 g/mol. The smallest absolute Gasteiger partial charge is 0.275 e. The summed E-state index contributed by atoms with van der Waals surface area (Å²) in [5.41, 5.74) is 0.464. The summed E-state index contributed by atoms with van der Waals surface area (Å²) in [5, 5.41) is 2.27. The van der Waals surface area contributed by atoms with Crippen LogP contribution in [0.5, 0.6) is 11.5 Å². The summed E-state index contributed by atoms with van der Waals surface area (Å²) < 4.78 is 15.9. The van der Waals surface area contributed by atoms with E-state index in [1.165, 1.54) is 12.1 Å². The summed E-state index contributed by atoms with van der Waals surface area (Å²) >= 11 is 0. The molecule has 2 saturated heterocycles. The molecule has 29 heavy (non-hydrogen) atoms. The SMILES string of the molecule is COc1ccc(C2OON(N3C(=O)[C@@](C)(OC)[C@H]3c3ccc(OC)cc3)O2)cc1. The zero-order valence-corrected chi connectivity index (χ0v) is 16.5. The minimum atomic E-state index is -1.07. The summed E-state index contributed by atoms with van der Waals surface area (Å²) in [6, 6.07) is 14.0. The first-order valence-electron chi connectivity index (χ1n) is 8.99. The Morgan fingerprint density at radius 2 is 1.45 bits per heavy atom. The van der Waals surface area contributed by atoms with Crippen LogP contribution in [0, 0.1) is 0 Å². The van der Waals surface area contributed by atoms with Crippen molar-refractivity contribution in [2.45, 2.75) is 24.9 Å². The highest BCUT2D eigenvalue weighted by molar-refractivity contribution is 5.92. The second kappa shape index (κ2) is 7.62. The standard InChI is InChI=1S/C20H22N2O7/c1-20(26-4)17(13-5-9-15(24-2)10-6-13)21(19(20)23)22-27-18(28-29-22)14-7-11-16(25-3)12-8-14/h5-12,17-18H,1-4H3/t17-,18?,20+/m1/s1. The lowest BCUT2D eigenvalue weighted by Gasteiger charge is -2.53. The van der Waals surface area contributed by atoms with Crippen LogP contribution in [0.2, 0.25) is 0 Å². The molecule has 4 rings (SSSR count). The number of methoxy groups -OCH3 is 3. The molecule has 2 fully saturated rings. The monoisotopic (exact) mass is 402 g/mol. The summed E-state index contributed by atoms with van der Waals surface area (Å²) in [4.78, 5) is 29.0. The molecule has 0 radical (unpaired) electrons. The maximum absolute atomic E-state index is 12.8. The third-order valence-corrected chi connectivity index (χ3v) is 5.20. The number of benzene rings is 2.